The molecular weight excluding hydrogens is 468 g/mol. The van der Waals surface area contributed by atoms with E-state index in [0.29, 0.717) is 13.0 Å². The van der Waals surface area contributed by atoms with E-state index in [9.17, 15) is 9.59 Å². The van der Waals surface area contributed by atoms with E-state index in [2.05, 4.69) is 21.2 Å². The molecule has 0 aliphatic heterocycles. The van der Waals surface area contributed by atoms with Crippen LogP contribution in [0.2, 0.25) is 0 Å². The Morgan fingerprint density at radius 1 is 0.938 bits per heavy atom. The molecule has 0 aliphatic carbocycles. The van der Waals surface area contributed by atoms with Crippen LogP contribution in [0.3, 0.4) is 0 Å². The Bertz CT molecular complexity index is 1040. The first-order chi connectivity index (χ1) is 15.5. The summed E-state index contributed by atoms with van der Waals surface area (Å²) in [7, 11) is 3.21. The van der Waals surface area contributed by atoms with Gasteiger partial charge in [-0.05, 0) is 41.0 Å². The predicted octanol–water partition coefficient (Wildman–Crippen LogP) is 4.39. The molecule has 0 heterocycles. The van der Waals surface area contributed by atoms with Gasteiger partial charge < -0.3 is 15.0 Å². The quantitative estimate of drug-likeness (QED) is 0.479. The van der Waals surface area contributed by atoms with Gasteiger partial charge in [0, 0.05) is 24.5 Å². The van der Waals surface area contributed by atoms with Crippen molar-refractivity contribution in [1.29, 1.82) is 0 Å². The van der Waals surface area contributed by atoms with Crippen LogP contribution in [0.15, 0.2) is 83.3 Å². The van der Waals surface area contributed by atoms with Crippen molar-refractivity contribution in [3.05, 3.63) is 100 Å². The molecule has 1 N–H and O–H groups in total. The maximum atomic E-state index is 13.5. The van der Waals surface area contributed by atoms with Crippen LogP contribution in [0.4, 0.5) is 0 Å². The molecule has 0 aromatic heterocycles. The molecule has 3 aromatic rings. The highest BCUT2D eigenvalue weighted by Crippen LogP contribution is 2.19. The molecule has 3 rings (SSSR count). The Morgan fingerprint density at radius 2 is 1.62 bits per heavy atom. The second-order valence-corrected chi connectivity index (χ2v) is 8.41. The number of hydrogen-bond acceptors (Lipinski definition) is 3. The van der Waals surface area contributed by atoms with Gasteiger partial charge in [-0.25, -0.2) is 0 Å². The molecule has 32 heavy (non-hydrogen) atoms. The molecule has 0 unspecified atom stereocenters. The van der Waals surface area contributed by atoms with Crippen LogP contribution >= 0.6 is 15.9 Å². The van der Waals surface area contributed by atoms with Crippen molar-refractivity contribution >= 4 is 27.7 Å². The predicted molar refractivity (Wildman–Crippen MR) is 129 cm³/mol. The number of amides is 2. The van der Waals surface area contributed by atoms with Crippen molar-refractivity contribution in [3.8, 4) is 5.75 Å². The zero-order valence-electron chi connectivity index (χ0n) is 18.3. The summed E-state index contributed by atoms with van der Waals surface area (Å²) in [5.74, 6) is 0.436. The van der Waals surface area contributed by atoms with Crippen molar-refractivity contribution < 1.29 is 14.3 Å². The average Bonchev–Trinajstić information content (AvgIpc) is 2.82. The number of ether oxygens (including phenoxy) is 1. The first-order valence-electron chi connectivity index (χ1n) is 10.4. The standard InChI is InChI=1S/C26H27BrN2O3/c1-28-26(31)24(16-19-7-4-3-5-8-19)29(18-21-9-6-10-22(27)15-21)25(30)17-20-11-13-23(32-2)14-12-20/h3-15,24H,16-18H2,1-2H3,(H,28,31)/t24-/m1/s1. The molecular formula is C26H27BrN2O3. The van der Waals surface area contributed by atoms with E-state index < -0.39 is 6.04 Å². The molecule has 2 amide bonds. The molecule has 0 saturated heterocycles. The molecule has 5 nitrogen and oxygen atoms in total. The number of nitrogens with zero attached hydrogens (tertiary/aromatic N) is 1. The minimum atomic E-state index is -0.632. The van der Waals surface area contributed by atoms with E-state index in [1.54, 1.807) is 19.1 Å². The number of methoxy groups -OCH3 is 1. The van der Waals surface area contributed by atoms with Gasteiger partial charge in [0.2, 0.25) is 11.8 Å². The van der Waals surface area contributed by atoms with Gasteiger partial charge in [-0.3, -0.25) is 9.59 Å². The fourth-order valence-electron chi connectivity index (χ4n) is 3.57. The van der Waals surface area contributed by atoms with Gasteiger partial charge in [0.15, 0.2) is 0 Å². The van der Waals surface area contributed by atoms with E-state index >= 15 is 0 Å². The fraction of sp³-hybridized carbons (Fsp3) is 0.231. The average molecular weight is 495 g/mol. The third-order valence-corrected chi connectivity index (χ3v) is 5.77. The van der Waals surface area contributed by atoms with Gasteiger partial charge in [-0.1, -0.05) is 70.5 Å². The van der Waals surface area contributed by atoms with E-state index in [4.69, 9.17) is 4.74 Å². The lowest BCUT2D eigenvalue weighted by atomic mass is 10.0. The maximum absolute atomic E-state index is 13.5. The lowest BCUT2D eigenvalue weighted by molar-refractivity contribution is -0.140. The fourth-order valence-corrected chi connectivity index (χ4v) is 4.02. The summed E-state index contributed by atoms with van der Waals surface area (Å²) >= 11 is 3.50. The molecule has 1 atom stereocenters. The van der Waals surface area contributed by atoms with E-state index in [0.717, 1.165) is 26.9 Å². The Hall–Kier alpha value is -3.12. The molecule has 3 aromatic carbocycles. The summed E-state index contributed by atoms with van der Waals surface area (Å²) in [4.78, 5) is 28.1. The summed E-state index contributed by atoms with van der Waals surface area (Å²) in [5.41, 5.74) is 2.81. The van der Waals surface area contributed by atoms with E-state index in [1.165, 1.54) is 0 Å². The Balaban J connectivity index is 1.92. The van der Waals surface area contributed by atoms with Crippen LogP contribution in [-0.4, -0.2) is 36.9 Å². The second kappa shape index (κ2) is 11.5. The number of rotatable bonds is 9. The highest BCUT2D eigenvalue weighted by molar-refractivity contribution is 9.10. The minimum absolute atomic E-state index is 0.111. The summed E-state index contributed by atoms with van der Waals surface area (Å²) in [6, 6.07) is 24.3. The topological polar surface area (TPSA) is 58.6 Å². The van der Waals surface area contributed by atoms with Crippen LogP contribution in [0, 0.1) is 0 Å². The number of likely N-dealkylation sites (N-methyl/N-ethyl adjacent to an activating group) is 1. The highest BCUT2D eigenvalue weighted by Gasteiger charge is 2.29. The smallest absolute Gasteiger partial charge is 0.242 e. The van der Waals surface area contributed by atoms with Crippen molar-refractivity contribution in [2.45, 2.75) is 25.4 Å². The maximum Gasteiger partial charge on any atom is 0.242 e. The molecule has 0 saturated carbocycles. The lowest BCUT2D eigenvalue weighted by Crippen LogP contribution is -2.50. The second-order valence-electron chi connectivity index (χ2n) is 7.50. The van der Waals surface area contributed by atoms with Crippen LogP contribution in [0.25, 0.3) is 0 Å². The molecule has 166 valence electrons. The van der Waals surface area contributed by atoms with Crippen molar-refractivity contribution in [1.82, 2.24) is 10.2 Å². The van der Waals surface area contributed by atoms with Gasteiger partial charge >= 0.3 is 0 Å². The van der Waals surface area contributed by atoms with Crippen LogP contribution < -0.4 is 10.1 Å². The molecule has 0 fully saturated rings. The first kappa shape index (κ1) is 23.5. The number of nitrogens with one attached hydrogen (secondary N) is 1. The molecule has 0 radical (unpaired) electrons. The molecule has 0 aliphatic rings. The van der Waals surface area contributed by atoms with E-state index in [1.807, 2.05) is 78.9 Å². The number of hydrogen-bond donors (Lipinski definition) is 1. The Kier molecular flexibility index (Phi) is 8.45. The highest BCUT2D eigenvalue weighted by atomic mass is 79.9. The zero-order chi connectivity index (χ0) is 22.9. The number of carbonyl (C=O) groups is 2. The van der Waals surface area contributed by atoms with Crippen molar-refractivity contribution in [2.24, 2.45) is 0 Å². The van der Waals surface area contributed by atoms with Crippen LogP contribution in [0.1, 0.15) is 16.7 Å². The minimum Gasteiger partial charge on any atom is -0.497 e. The number of halogens is 1. The molecule has 0 spiro atoms. The van der Waals surface area contributed by atoms with Crippen LogP contribution in [-0.2, 0) is 29.0 Å². The van der Waals surface area contributed by atoms with E-state index in [-0.39, 0.29) is 18.2 Å². The summed E-state index contributed by atoms with van der Waals surface area (Å²) < 4.78 is 6.14. The van der Waals surface area contributed by atoms with Gasteiger partial charge in [0.1, 0.15) is 11.8 Å². The van der Waals surface area contributed by atoms with Crippen molar-refractivity contribution in [3.63, 3.8) is 0 Å². The SMILES string of the molecule is CNC(=O)[C@@H](Cc1ccccc1)N(Cc1cccc(Br)c1)C(=O)Cc1ccc(OC)cc1. The summed E-state index contributed by atoms with van der Waals surface area (Å²) in [5, 5.41) is 2.74. The lowest BCUT2D eigenvalue weighted by Gasteiger charge is -2.31. The number of benzene rings is 3. The Labute approximate surface area is 197 Å². The third kappa shape index (κ3) is 6.44. The van der Waals surface area contributed by atoms with Gasteiger partial charge in [0.25, 0.3) is 0 Å². The molecule has 6 heteroatoms. The van der Waals surface area contributed by atoms with Crippen LogP contribution in [0.5, 0.6) is 5.75 Å². The zero-order valence-corrected chi connectivity index (χ0v) is 19.8. The number of carbonyl (C=O) groups excluding carboxylic acids is 2. The first-order valence-corrected chi connectivity index (χ1v) is 11.2. The monoisotopic (exact) mass is 494 g/mol. The summed E-state index contributed by atoms with van der Waals surface area (Å²) in [6.07, 6.45) is 0.628. The van der Waals surface area contributed by atoms with Gasteiger partial charge in [-0.2, -0.15) is 0 Å². The van der Waals surface area contributed by atoms with Gasteiger partial charge in [0.05, 0.1) is 13.5 Å². The molecule has 0 bridgehead atoms. The van der Waals surface area contributed by atoms with Gasteiger partial charge in [-0.15, -0.1) is 0 Å². The normalized spacial score (nSPS) is 11.5. The largest absolute Gasteiger partial charge is 0.497 e. The van der Waals surface area contributed by atoms with Crippen molar-refractivity contribution in [2.75, 3.05) is 14.2 Å². The Morgan fingerprint density at radius 3 is 2.25 bits per heavy atom. The summed E-state index contributed by atoms with van der Waals surface area (Å²) in [6.45, 7) is 0.333. The third-order valence-electron chi connectivity index (χ3n) is 5.27.